The average molecular weight is 229 g/mol. The Bertz CT molecular complexity index is 405. The van der Waals surface area contributed by atoms with E-state index in [2.05, 4.69) is 60.1 Å². The van der Waals surface area contributed by atoms with Crippen LogP contribution in [-0.2, 0) is 0 Å². The molecule has 0 aliphatic carbocycles. The van der Waals surface area contributed by atoms with Crippen LogP contribution in [0.3, 0.4) is 0 Å². The van der Waals surface area contributed by atoms with Crippen molar-refractivity contribution < 1.29 is 4.79 Å². The molecule has 0 aliphatic rings. The van der Waals surface area contributed by atoms with Gasteiger partial charge in [-0.15, -0.1) is 0 Å². The van der Waals surface area contributed by atoms with Crippen LogP contribution in [0.15, 0.2) is 60.7 Å². The summed E-state index contributed by atoms with van der Waals surface area (Å²) in [6.07, 6.45) is 0. The molecule has 2 aromatic rings. The van der Waals surface area contributed by atoms with Gasteiger partial charge in [-0.05, 0) is 11.1 Å². The lowest BCUT2D eigenvalue weighted by Crippen LogP contribution is -2.34. The molecule has 0 bridgehead atoms. The Kier molecular flexibility index (Phi) is 5.27. The van der Waals surface area contributed by atoms with Gasteiger partial charge in [0.25, 0.3) is 0 Å². The summed E-state index contributed by atoms with van der Waals surface area (Å²) in [6.45, 7) is 0. The molecule has 2 aromatic carbocycles. The summed E-state index contributed by atoms with van der Waals surface area (Å²) in [7, 11) is 0. The minimum atomic E-state index is -0.718. The van der Waals surface area contributed by atoms with Crippen LogP contribution in [0.5, 0.6) is 0 Å². The number of primary amides is 1. The van der Waals surface area contributed by atoms with E-state index in [9.17, 15) is 4.79 Å². The Morgan fingerprint density at radius 1 is 0.824 bits per heavy atom. The SMILES string of the molecule is NNC(N)=O.c1ccc(-c2ccccc2)cc1. The van der Waals surface area contributed by atoms with Crippen molar-refractivity contribution in [3.05, 3.63) is 60.7 Å². The lowest BCUT2D eigenvalue weighted by Gasteiger charge is -1.98. The third-order valence-electron chi connectivity index (χ3n) is 2.02. The van der Waals surface area contributed by atoms with Crippen molar-refractivity contribution in [2.75, 3.05) is 0 Å². The second-order valence-corrected chi connectivity index (χ2v) is 3.24. The number of amides is 2. The van der Waals surface area contributed by atoms with Crippen LogP contribution in [0.2, 0.25) is 0 Å². The van der Waals surface area contributed by atoms with Gasteiger partial charge >= 0.3 is 6.03 Å². The molecule has 5 N–H and O–H groups in total. The normalized spacial score (nSPS) is 8.76. The highest BCUT2D eigenvalue weighted by molar-refractivity contribution is 5.70. The molecule has 17 heavy (non-hydrogen) atoms. The summed E-state index contributed by atoms with van der Waals surface area (Å²) >= 11 is 0. The van der Waals surface area contributed by atoms with E-state index in [-0.39, 0.29) is 0 Å². The molecule has 2 rings (SSSR count). The number of benzene rings is 2. The molecule has 4 nitrogen and oxygen atoms in total. The smallest absolute Gasteiger partial charge is 0.326 e. The van der Waals surface area contributed by atoms with Crippen LogP contribution in [0.25, 0.3) is 11.1 Å². The fraction of sp³-hybridized carbons (Fsp3) is 0. The van der Waals surface area contributed by atoms with Crippen molar-refractivity contribution in [3.63, 3.8) is 0 Å². The number of nitrogens with one attached hydrogen (secondary N) is 1. The van der Waals surface area contributed by atoms with Crippen molar-refractivity contribution in [3.8, 4) is 11.1 Å². The molecule has 0 saturated heterocycles. The van der Waals surface area contributed by atoms with Gasteiger partial charge in [-0.1, -0.05) is 60.7 Å². The van der Waals surface area contributed by atoms with E-state index in [1.165, 1.54) is 11.1 Å². The number of hydrazine groups is 1. The average Bonchev–Trinajstić information content (AvgIpc) is 2.41. The first-order valence-electron chi connectivity index (χ1n) is 5.10. The number of hydrogen-bond donors (Lipinski definition) is 3. The Balaban J connectivity index is 0.000000249. The molecule has 88 valence electrons. The largest absolute Gasteiger partial charge is 0.351 e. The third kappa shape index (κ3) is 4.81. The van der Waals surface area contributed by atoms with E-state index in [0.717, 1.165) is 0 Å². The third-order valence-corrected chi connectivity index (χ3v) is 2.02. The van der Waals surface area contributed by atoms with E-state index in [4.69, 9.17) is 0 Å². The summed E-state index contributed by atoms with van der Waals surface area (Å²) in [5.41, 5.74) is 8.64. The molecular formula is C13H15N3O. The van der Waals surface area contributed by atoms with Crippen molar-refractivity contribution in [1.29, 1.82) is 0 Å². The van der Waals surface area contributed by atoms with Gasteiger partial charge in [-0.3, -0.25) is 5.43 Å². The first-order chi connectivity index (χ1) is 8.24. The van der Waals surface area contributed by atoms with Crippen molar-refractivity contribution in [2.24, 2.45) is 11.6 Å². The van der Waals surface area contributed by atoms with E-state index < -0.39 is 6.03 Å². The van der Waals surface area contributed by atoms with Gasteiger partial charge < -0.3 is 5.73 Å². The Morgan fingerprint density at radius 3 is 1.35 bits per heavy atom. The molecule has 0 aliphatic heterocycles. The summed E-state index contributed by atoms with van der Waals surface area (Å²) in [4.78, 5) is 9.35. The van der Waals surface area contributed by atoms with Crippen LogP contribution >= 0.6 is 0 Å². The molecule has 0 spiro atoms. The lowest BCUT2D eigenvalue weighted by atomic mass is 10.1. The van der Waals surface area contributed by atoms with Gasteiger partial charge in [0.1, 0.15) is 0 Å². The second-order valence-electron chi connectivity index (χ2n) is 3.24. The van der Waals surface area contributed by atoms with Gasteiger partial charge in [0, 0.05) is 0 Å². The summed E-state index contributed by atoms with van der Waals surface area (Å²) in [6, 6.07) is 20.1. The number of carbonyl (C=O) groups excluding carboxylic acids is 1. The van der Waals surface area contributed by atoms with Crippen molar-refractivity contribution in [1.82, 2.24) is 5.43 Å². The fourth-order valence-corrected chi connectivity index (χ4v) is 1.26. The lowest BCUT2D eigenvalue weighted by molar-refractivity contribution is 0.249. The zero-order valence-corrected chi connectivity index (χ0v) is 9.34. The van der Waals surface area contributed by atoms with Gasteiger partial charge in [-0.25, -0.2) is 10.6 Å². The minimum absolute atomic E-state index is 0.718. The monoisotopic (exact) mass is 229 g/mol. The Morgan fingerprint density at radius 2 is 1.12 bits per heavy atom. The summed E-state index contributed by atoms with van der Waals surface area (Å²) < 4.78 is 0. The summed E-state index contributed by atoms with van der Waals surface area (Å²) in [5.74, 6) is 4.45. The molecule has 0 atom stereocenters. The van der Waals surface area contributed by atoms with Gasteiger partial charge in [-0.2, -0.15) is 0 Å². The molecule has 4 heteroatoms. The maximum atomic E-state index is 9.35. The van der Waals surface area contributed by atoms with Crippen LogP contribution in [0, 0.1) is 0 Å². The second kappa shape index (κ2) is 7.03. The van der Waals surface area contributed by atoms with Gasteiger partial charge in [0.05, 0.1) is 0 Å². The fourth-order valence-electron chi connectivity index (χ4n) is 1.26. The number of nitrogens with two attached hydrogens (primary N) is 2. The number of hydrogen-bond acceptors (Lipinski definition) is 2. The Labute approximate surface area is 100 Å². The van der Waals surface area contributed by atoms with Crippen LogP contribution in [-0.4, -0.2) is 6.03 Å². The maximum Gasteiger partial charge on any atom is 0.326 e. The van der Waals surface area contributed by atoms with Crippen molar-refractivity contribution in [2.45, 2.75) is 0 Å². The Hall–Kier alpha value is -2.33. The number of urea groups is 1. The summed E-state index contributed by atoms with van der Waals surface area (Å²) in [5, 5.41) is 0. The molecule has 0 unspecified atom stereocenters. The van der Waals surface area contributed by atoms with E-state index >= 15 is 0 Å². The topological polar surface area (TPSA) is 81.1 Å². The van der Waals surface area contributed by atoms with Gasteiger partial charge in [0.2, 0.25) is 0 Å². The van der Waals surface area contributed by atoms with E-state index in [1.54, 1.807) is 5.43 Å². The van der Waals surface area contributed by atoms with Crippen LogP contribution in [0.1, 0.15) is 0 Å². The van der Waals surface area contributed by atoms with E-state index in [0.29, 0.717) is 0 Å². The van der Waals surface area contributed by atoms with Crippen LogP contribution in [0.4, 0.5) is 4.79 Å². The molecule has 0 saturated carbocycles. The quantitative estimate of drug-likeness (QED) is 0.396. The minimum Gasteiger partial charge on any atom is -0.351 e. The highest BCUT2D eigenvalue weighted by Gasteiger charge is 1.91. The predicted octanol–water partition coefficient (Wildman–Crippen LogP) is 1.88. The zero-order valence-electron chi connectivity index (χ0n) is 9.34. The first-order valence-corrected chi connectivity index (χ1v) is 5.10. The molecule has 0 aromatic heterocycles. The molecule has 0 fully saturated rings. The molecule has 0 radical (unpaired) electrons. The van der Waals surface area contributed by atoms with Crippen LogP contribution < -0.4 is 17.0 Å². The highest BCUT2D eigenvalue weighted by Crippen LogP contribution is 2.17. The predicted molar refractivity (Wildman–Crippen MR) is 68.8 cm³/mol. The molecule has 2 amide bonds. The molecular weight excluding hydrogens is 214 g/mol. The maximum absolute atomic E-state index is 9.35. The highest BCUT2D eigenvalue weighted by atomic mass is 16.2. The first kappa shape index (κ1) is 12.7. The molecule has 0 heterocycles. The standard InChI is InChI=1S/C12H10.CH5N3O/c1-3-7-11(8-4-1)12-9-5-2-6-10-12;2-1(5)4-3/h1-10H;3H2,(H3,2,4,5). The number of rotatable bonds is 1. The zero-order chi connectivity index (χ0) is 12.5. The van der Waals surface area contributed by atoms with Crippen molar-refractivity contribution >= 4 is 6.03 Å². The number of carbonyl (C=O) groups is 1. The van der Waals surface area contributed by atoms with E-state index in [1.807, 2.05) is 12.1 Å². The van der Waals surface area contributed by atoms with Gasteiger partial charge in [0.15, 0.2) is 0 Å².